The lowest BCUT2D eigenvalue weighted by molar-refractivity contribution is 0.889. The van der Waals surface area contributed by atoms with Gasteiger partial charge in [0.2, 0.25) is 0 Å². The fourth-order valence-electron chi connectivity index (χ4n) is 1.78. The number of rotatable bonds is 3. The second-order valence-corrected chi connectivity index (χ2v) is 3.30. The number of hydrogen-bond acceptors (Lipinski definition) is 0. The molecular weight excluding hydrogens is 132 g/mol. The first-order chi connectivity index (χ1) is 5.29. The minimum atomic E-state index is 1.21. The molecule has 0 saturated heterocycles. The molecular formula is C11H18. The van der Waals surface area contributed by atoms with Crippen LogP contribution in [0.2, 0.25) is 0 Å². The van der Waals surface area contributed by atoms with Gasteiger partial charge in [-0.05, 0) is 37.3 Å². The van der Waals surface area contributed by atoms with E-state index in [0.29, 0.717) is 0 Å². The summed E-state index contributed by atoms with van der Waals surface area (Å²) in [5.74, 6) is 0. The van der Waals surface area contributed by atoms with Gasteiger partial charge in [-0.15, -0.1) is 0 Å². The van der Waals surface area contributed by atoms with Gasteiger partial charge >= 0.3 is 0 Å². The average molecular weight is 150 g/mol. The third-order valence-electron chi connectivity index (χ3n) is 2.44. The quantitative estimate of drug-likeness (QED) is 0.573. The van der Waals surface area contributed by atoms with Crippen molar-refractivity contribution in [3.8, 4) is 0 Å². The Hall–Kier alpha value is -0.520. The van der Waals surface area contributed by atoms with E-state index in [1.807, 2.05) is 0 Å². The Labute approximate surface area is 70.0 Å². The van der Waals surface area contributed by atoms with Crippen molar-refractivity contribution in [1.29, 1.82) is 0 Å². The summed E-state index contributed by atoms with van der Waals surface area (Å²) in [5, 5.41) is 0. The minimum Gasteiger partial charge on any atom is -0.0770 e. The van der Waals surface area contributed by atoms with Crippen LogP contribution < -0.4 is 0 Å². The maximum absolute atomic E-state index is 2.39. The summed E-state index contributed by atoms with van der Waals surface area (Å²) in [6.45, 7) is 6.77. The summed E-state index contributed by atoms with van der Waals surface area (Å²) < 4.78 is 0. The van der Waals surface area contributed by atoms with Gasteiger partial charge < -0.3 is 0 Å². The monoisotopic (exact) mass is 150 g/mol. The molecule has 0 aliphatic heterocycles. The molecule has 0 heterocycles. The summed E-state index contributed by atoms with van der Waals surface area (Å²) in [6.07, 6.45) is 7.38. The Balaban J connectivity index is 2.70. The van der Waals surface area contributed by atoms with E-state index in [0.717, 1.165) is 0 Å². The van der Waals surface area contributed by atoms with Crippen molar-refractivity contribution in [2.24, 2.45) is 0 Å². The van der Waals surface area contributed by atoms with Gasteiger partial charge in [0.05, 0.1) is 0 Å². The molecule has 0 unspecified atom stereocenters. The highest BCUT2D eigenvalue weighted by Gasteiger charge is 2.11. The van der Waals surface area contributed by atoms with Crippen LogP contribution in [0.3, 0.4) is 0 Å². The molecule has 0 heteroatoms. The van der Waals surface area contributed by atoms with Crippen LogP contribution in [0.25, 0.3) is 0 Å². The van der Waals surface area contributed by atoms with E-state index < -0.39 is 0 Å². The van der Waals surface area contributed by atoms with Gasteiger partial charge in [0.1, 0.15) is 0 Å². The topological polar surface area (TPSA) is 0 Å². The molecule has 0 spiro atoms. The number of allylic oxidation sites excluding steroid dienone is 4. The largest absolute Gasteiger partial charge is 0.0770 e. The molecule has 0 bridgehead atoms. The first-order valence-corrected chi connectivity index (χ1v) is 4.67. The van der Waals surface area contributed by atoms with Gasteiger partial charge in [0, 0.05) is 0 Å². The summed E-state index contributed by atoms with van der Waals surface area (Å²) in [4.78, 5) is 0. The Morgan fingerprint density at radius 2 is 2.09 bits per heavy atom. The van der Waals surface area contributed by atoms with E-state index in [2.05, 4.69) is 26.8 Å². The highest BCUT2D eigenvalue weighted by molar-refractivity contribution is 5.41. The molecule has 0 N–H and O–H groups in total. The van der Waals surface area contributed by atoms with Crippen LogP contribution in [0.5, 0.6) is 0 Å². The van der Waals surface area contributed by atoms with E-state index in [9.17, 15) is 0 Å². The van der Waals surface area contributed by atoms with Gasteiger partial charge in [-0.2, -0.15) is 0 Å². The zero-order chi connectivity index (χ0) is 8.27. The van der Waals surface area contributed by atoms with Crippen LogP contribution in [0, 0.1) is 0 Å². The zero-order valence-corrected chi connectivity index (χ0v) is 7.91. The second kappa shape index (κ2) is 3.75. The van der Waals surface area contributed by atoms with Gasteiger partial charge in [0.15, 0.2) is 0 Å². The van der Waals surface area contributed by atoms with E-state index in [-0.39, 0.29) is 0 Å². The fourth-order valence-corrected chi connectivity index (χ4v) is 1.78. The maximum atomic E-state index is 2.39. The Morgan fingerprint density at radius 3 is 2.64 bits per heavy atom. The summed E-state index contributed by atoms with van der Waals surface area (Å²) in [6, 6.07) is 0. The molecule has 11 heavy (non-hydrogen) atoms. The molecule has 0 saturated carbocycles. The molecule has 1 aliphatic rings. The second-order valence-electron chi connectivity index (χ2n) is 3.30. The maximum Gasteiger partial charge on any atom is -0.0130 e. The molecule has 0 nitrogen and oxygen atoms in total. The van der Waals surface area contributed by atoms with Crippen LogP contribution in [-0.4, -0.2) is 0 Å². The molecule has 1 rings (SSSR count). The molecule has 62 valence electrons. The molecule has 0 aromatic heterocycles. The van der Waals surface area contributed by atoms with Crippen molar-refractivity contribution >= 4 is 0 Å². The number of hydrogen-bond donors (Lipinski definition) is 0. The Bertz CT molecular complexity index is 194. The first kappa shape index (κ1) is 8.58. The van der Waals surface area contributed by atoms with E-state index in [1.54, 1.807) is 16.7 Å². The van der Waals surface area contributed by atoms with Crippen LogP contribution >= 0.6 is 0 Å². The SMILES string of the molecule is CCCC1=C(C)CC=C1CC. The molecule has 0 amide bonds. The molecule has 0 aromatic carbocycles. The predicted molar refractivity (Wildman–Crippen MR) is 50.6 cm³/mol. The van der Waals surface area contributed by atoms with Crippen molar-refractivity contribution in [1.82, 2.24) is 0 Å². The van der Waals surface area contributed by atoms with Gasteiger partial charge in [-0.25, -0.2) is 0 Å². The molecule has 0 fully saturated rings. The summed E-state index contributed by atoms with van der Waals surface area (Å²) >= 11 is 0. The van der Waals surface area contributed by atoms with Crippen LogP contribution in [0.1, 0.15) is 46.5 Å². The molecule has 0 atom stereocenters. The van der Waals surface area contributed by atoms with Crippen LogP contribution in [0.15, 0.2) is 22.8 Å². The predicted octanol–water partition coefficient (Wildman–Crippen LogP) is 3.84. The Morgan fingerprint density at radius 1 is 1.36 bits per heavy atom. The molecule has 0 aromatic rings. The normalized spacial score (nSPS) is 17.5. The van der Waals surface area contributed by atoms with Gasteiger partial charge in [-0.3, -0.25) is 0 Å². The van der Waals surface area contributed by atoms with Gasteiger partial charge in [-0.1, -0.05) is 31.9 Å². The third-order valence-corrected chi connectivity index (χ3v) is 2.44. The van der Waals surface area contributed by atoms with Crippen molar-refractivity contribution < 1.29 is 0 Å². The van der Waals surface area contributed by atoms with Crippen molar-refractivity contribution in [3.63, 3.8) is 0 Å². The highest BCUT2D eigenvalue weighted by atomic mass is 14.2. The van der Waals surface area contributed by atoms with E-state index >= 15 is 0 Å². The fraction of sp³-hybridized carbons (Fsp3) is 0.636. The minimum absolute atomic E-state index is 1.21. The zero-order valence-electron chi connectivity index (χ0n) is 7.91. The first-order valence-electron chi connectivity index (χ1n) is 4.67. The summed E-state index contributed by atoms with van der Waals surface area (Å²) in [7, 11) is 0. The lowest BCUT2D eigenvalue weighted by Gasteiger charge is -2.05. The molecule has 1 aliphatic carbocycles. The van der Waals surface area contributed by atoms with E-state index in [4.69, 9.17) is 0 Å². The van der Waals surface area contributed by atoms with E-state index in [1.165, 1.54) is 25.7 Å². The van der Waals surface area contributed by atoms with Gasteiger partial charge in [0.25, 0.3) is 0 Å². The Kier molecular flexibility index (Phi) is 2.92. The van der Waals surface area contributed by atoms with Crippen molar-refractivity contribution in [2.45, 2.75) is 46.5 Å². The lowest BCUT2D eigenvalue weighted by Crippen LogP contribution is -1.86. The smallest absolute Gasteiger partial charge is 0.0130 e. The lowest BCUT2D eigenvalue weighted by atomic mass is 10.0. The van der Waals surface area contributed by atoms with Crippen LogP contribution in [-0.2, 0) is 0 Å². The average Bonchev–Trinajstić information content (AvgIpc) is 2.34. The van der Waals surface area contributed by atoms with Crippen LogP contribution in [0.4, 0.5) is 0 Å². The highest BCUT2D eigenvalue weighted by Crippen LogP contribution is 2.30. The molecule has 0 radical (unpaired) electrons. The van der Waals surface area contributed by atoms with Crippen molar-refractivity contribution in [3.05, 3.63) is 22.8 Å². The third kappa shape index (κ3) is 1.74. The summed E-state index contributed by atoms with van der Waals surface area (Å²) in [5.41, 5.74) is 4.85. The van der Waals surface area contributed by atoms with Crippen molar-refractivity contribution in [2.75, 3.05) is 0 Å². The standard InChI is InChI=1S/C11H18/c1-4-6-11-9(3)7-8-10(11)5-2/h8H,4-7H2,1-3H3.